The van der Waals surface area contributed by atoms with Crippen molar-refractivity contribution in [2.75, 3.05) is 0 Å². The number of amides is 2. The average Bonchev–Trinajstić information content (AvgIpc) is 2.52. The number of hydrogen-bond acceptors (Lipinski definition) is 6. The smallest absolute Gasteiger partial charge is 0.480 e. The predicted molar refractivity (Wildman–Crippen MR) is 98.4 cm³/mol. The van der Waals surface area contributed by atoms with Gasteiger partial charge in [0, 0.05) is 6.42 Å². The molecule has 1 aromatic carbocycles. The second-order valence-electron chi connectivity index (χ2n) is 7.09. The topological polar surface area (TPSA) is 145 Å². The van der Waals surface area contributed by atoms with Crippen molar-refractivity contribution in [2.24, 2.45) is 0 Å². The Labute approximate surface area is 157 Å². The molecule has 27 heavy (non-hydrogen) atoms. The molecule has 1 rings (SSSR count). The lowest BCUT2D eigenvalue weighted by molar-refractivity contribution is -0.141. The van der Waals surface area contributed by atoms with E-state index in [0.717, 1.165) is 0 Å². The summed E-state index contributed by atoms with van der Waals surface area (Å²) in [5.41, 5.74) is 0.135. The number of rotatable bonds is 7. The minimum atomic E-state index is -1.62. The van der Waals surface area contributed by atoms with Crippen molar-refractivity contribution < 1.29 is 34.3 Å². The molecule has 0 spiro atoms. The number of carbonyl (C=O) groups is 3. The summed E-state index contributed by atoms with van der Waals surface area (Å²) in [6, 6.07) is 3.89. The molecular weight excluding hydrogens is 355 g/mol. The summed E-state index contributed by atoms with van der Waals surface area (Å²) in [5.74, 6) is -1.89. The number of aliphatic carboxylic acids is 1. The first kappa shape index (κ1) is 22.5. The number of carbonyl (C=O) groups excluding carboxylic acids is 2. The van der Waals surface area contributed by atoms with Crippen molar-refractivity contribution in [3.63, 3.8) is 0 Å². The highest BCUT2D eigenvalue weighted by molar-refractivity contribution is 6.58. The molecule has 148 valence electrons. The van der Waals surface area contributed by atoms with Crippen LogP contribution >= 0.6 is 0 Å². The SMILES string of the molecule is CC(NC(=O)[C@H](Cc1ccc(B(O)O)cc1)NC(=O)OC(C)(C)C)C(=O)O. The van der Waals surface area contributed by atoms with Gasteiger partial charge in [0.05, 0.1) is 0 Å². The van der Waals surface area contributed by atoms with E-state index in [-0.39, 0.29) is 11.9 Å². The molecule has 0 aliphatic heterocycles. The van der Waals surface area contributed by atoms with E-state index in [2.05, 4.69) is 10.6 Å². The number of hydrogen-bond donors (Lipinski definition) is 5. The van der Waals surface area contributed by atoms with Gasteiger partial charge in [-0.25, -0.2) is 4.79 Å². The molecule has 9 nitrogen and oxygen atoms in total. The minimum Gasteiger partial charge on any atom is -0.480 e. The minimum absolute atomic E-state index is 0.0548. The van der Waals surface area contributed by atoms with E-state index in [1.54, 1.807) is 32.9 Å². The Hall–Kier alpha value is -2.59. The van der Waals surface area contributed by atoms with Crippen molar-refractivity contribution >= 4 is 30.6 Å². The van der Waals surface area contributed by atoms with Crippen LogP contribution in [0.5, 0.6) is 0 Å². The molecule has 0 heterocycles. The first-order valence-electron chi connectivity index (χ1n) is 8.36. The molecule has 0 aliphatic rings. The Morgan fingerprint density at radius 2 is 1.67 bits per heavy atom. The second kappa shape index (κ2) is 9.38. The van der Waals surface area contributed by atoms with Crippen LogP contribution < -0.4 is 16.1 Å². The molecule has 1 aromatic rings. The molecule has 0 saturated carbocycles. The Morgan fingerprint density at radius 1 is 1.11 bits per heavy atom. The molecule has 0 aliphatic carbocycles. The van der Waals surface area contributed by atoms with Gasteiger partial charge in [-0.2, -0.15) is 0 Å². The summed E-state index contributed by atoms with van der Waals surface area (Å²) in [7, 11) is -1.62. The number of benzene rings is 1. The van der Waals surface area contributed by atoms with E-state index < -0.39 is 42.8 Å². The molecule has 0 radical (unpaired) electrons. The van der Waals surface area contributed by atoms with Gasteiger partial charge >= 0.3 is 19.2 Å². The van der Waals surface area contributed by atoms with E-state index in [1.807, 2.05) is 0 Å². The van der Waals surface area contributed by atoms with E-state index in [1.165, 1.54) is 19.1 Å². The van der Waals surface area contributed by atoms with Crippen LogP contribution in [-0.2, 0) is 20.7 Å². The van der Waals surface area contributed by atoms with Gasteiger partial charge in [0.1, 0.15) is 17.7 Å². The Balaban J connectivity index is 2.93. The van der Waals surface area contributed by atoms with Crippen LogP contribution in [0.15, 0.2) is 24.3 Å². The van der Waals surface area contributed by atoms with Gasteiger partial charge < -0.3 is 30.5 Å². The summed E-state index contributed by atoms with van der Waals surface area (Å²) >= 11 is 0. The fourth-order valence-corrected chi connectivity index (χ4v) is 2.10. The third kappa shape index (κ3) is 8.10. The van der Waals surface area contributed by atoms with Gasteiger partial charge in [-0.1, -0.05) is 24.3 Å². The highest BCUT2D eigenvalue weighted by atomic mass is 16.6. The van der Waals surface area contributed by atoms with E-state index in [9.17, 15) is 14.4 Å². The molecule has 1 unspecified atom stereocenters. The molecular formula is C17H25BN2O7. The Morgan fingerprint density at radius 3 is 2.11 bits per heavy atom. The third-order valence-corrected chi connectivity index (χ3v) is 3.45. The molecule has 2 amide bonds. The normalized spacial score (nSPS) is 13.3. The zero-order chi connectivity index (χ0) is 20.8. The average molecular weight is 380 g/mol. The van der Waals surface area contributed by atoms with Crippen LogP contribution in [0.2, 0.25) is 0 Å². The standard InChI is InChI=1S/C17H25BN2O7/c1-10(15(22)23)19-14(21)13(20-16(24)27-17(2,3)4)9-11-5-7-12(8-6-11)18(25)26/h5-8,10,13,25-26H,9H2,1-4H3,(H,19,21)(H,20,24)(H,22,23)/t10?,13-/m0/s1. The lowest BCUT2D eigenvalue weighted by atomic mass is 9.80. The molecule has 10 heteroatoms. The molecule has 0 bridgehead atoms. The maximum Gasteiger partial charge on any atom is 0.488 e. The van der Waals surface area contributed by atoms with Crippen LogP contribution in [0, 0.1) is 0 Å². The molecule has 0 fully saturated rings. The van der Waals surface area contributed by atoms with Crippen molar-refractivity contribution in [2.45, 2.75) is 51.8 Å². The number of nitrogens with one attached hydrogen (secondary N) is 2. The summed E-state index contributed by atoms with van der Waals surface area (Å²) in [6.07, 6.45) is -0.757. The first-order chi connectivity index (χ1) is 12.4. The fraction of sp³-hybridized carbons (Fsp3) is 0.471. The van der Waals surface area contributed by atoms with Gasteiger partial charge in [-0.05, 0) is 38.7 Å². The van der Waals surface area contributed by atoms with Crippen LogP contribution in [0.3, 0.4) is 0 Å². The summed E-state index contributed by atoms with van der Waals surface area (Å²) in [5, 5.41) is 31.9. The summed E-state index contributed by atoms with van der Waals surface area (Å²) in [6.45, 7) is 6.33. The zero-order valence-corrected chi connectivity index (χ0v) is 15.7. The molecule has 2 atom stereocenters. The Bertz CT molecular complexity index is 671. The van der Waals surface area contributed by atoms with Crippen molar-refractivity contribution in [3.8, 4) is 0 Å². The van der Waals surface area contributed by atoms with E-state index in [0.29, 0.717) is 5.56 Å². The summed E-state index contributed by atoms with van der Waals surface area (Å²) in [4.78, 5) is 35.4. The Kier molecular flexibility index (Phi) is 7.80. The van der Waals surface area contributed by atoms with Gasteiger partial charge in [0.15, 0.2) is 0 Å². The maximum absolute atomic E-state index is 12.4. The van der Waals surface area contributed by atoms with Crippen LogP contribution in [0.4, 0.5) is 4.79 Å². The lowest BCUT2D eigenvalue weighted by Gasteiger charge is -2.24. The van der Waals surface area contributed by atoms with Crippen LogP contribution in [0.1, 0.15) is 33.3 Å². The second-order valence-corrected chi connectivity index (χ2v) is 7.09. The highest BCUT2D eigenvalue weighted by Gasteiger charge is 2.27. The number of alkyl carbamates (subject to hydrolysis) is 1. The third-order valence-electron chi connectivity index (χ3n) is 3.45. The largest absolute Gasteiger partial charge is 0.488 e. The fourth-order valence-electron chi connectivity index (χ4n) is 2.10. The molecule has 5 N–H and O–H groups in total. The predicted octanol–water partition coefficient (Wildman–Crippen LogP) is -0.608. The van der Waals surface area contributed by atoms with Gasteiger partial charge in [-0.3, -0.25) is 9.59 Å². The highest BCUT2D eigenvalue weighted by Crippen LogP contribution is 2.09. The monoisotopic (exact) mass is 380 g/mol. The van der Waals surface area contributed by atoms with Crippen molar-refractivity contribution in [1.82, 2.24) is 10.6 Å². The van der Waals surface area contributed by atoms with Crippen molar-refractivity contribution in [1.29, 1.82) is 0 Å². The summed E-state index contributed by atoms with van der Waals surface area (Å²) < 4.78 is 5.15. The zero-order valence-electron chi connectivity index (χ0n) is 15.7. The quantitative estimate of drug-likeness (QED) is 0.397. The number of carboxylic acids is 1. The van der Waals surface area contributed by atoms with E-state index in [4.69, 9.17) is 19.9 Å². The van der Waals surface area contributed by atoms with Gasteiger partial charge in [0.2, 0.25) is 5.91 Å². The van der Waals surface area contributed by atoms with Crippen molar-refractivity contribution in [3.05, 3.63) is 29.8 Å². The van der Waals surface area contributed by atoms with Crippen LogP contribution in [-0.4, -0.2) is 57.9 Å². The lowest BCUT2D eigenvalue weighted by Crippen LogP contribution is -2.52. The molecule has 0 saturated heterocycles. The number of ether oxygens (including phenoxy) is 1. The molecule has 0 aromatic heterocycles. The van der Waals surface area contributed by atoms with Crippen LogP contribution in [0.25, 0.3) is 0 Å². The van der Waals surface area contributed by atoms with Gasteiger partial charge in [-0.15, -0.1) is 0 Å². The first-order valence-corrected chi connectivity index (χ1v) is 8.36. The number of carboxylic acid groups (broad SMARTS) is 1. The van der Waals surface area contributed by atoms with E-state index >= 15 is 0 Å². The van der Waals surface area contributed by atoms with Gasteiger partial charge in [0.25, 0.3) is 0 Å². The maximum atomic E-state index is 12.4.